The second kappa shape index (κ2) is 4.52. The average Bonchev–Trinajstić information content (AvgIpc) is 3.02. The fourth-order valence-electron chi connectivity index (χ4n) is 4.64. The number of likely N-dealkylation sites (tertiary alicyclic amines) is 1. The van der Waals surface area contributed by atoms with Crippen LogP contribution in [0.15, 0.2) is 24.8 Å². The summed E-state index contributed by atoms with van der Waals surface area (Å²) in [7, 11) is 0. The van der Waals surface area contributed by atoms with Crippen LogP contribution in [0.25, 0.3) is 0 Å². The minimum atomic E-state index is -1.09. The molecule has 0 aromatic rings. The number of carbonyl (C=O) groups is 2. The molecule has 0 spiro atoms. The van der Waals surface area contributed by atoms with E-state index in [2.05, 4.69) is 12.7 Å². The van der Waals surface area contributed by atoms with Gasteiger partial charge in [-0.15, -0.1) is 6.58 Å². The summed E-state index contributed by atoms with van der Waals surface area (Å²) in [5, 5.41) is 18.6. The highest BCUT2D eigenvalue weighted by Gasteiger charge is 2.73. The molecule has 3 rings (SSSR count). The van der Waals surface area contributed by atoms with Gasteiger partial charge in [0.25, 0.3) is 0 Å². The average molecular weight is 291 g/mol. The van der Waals surface area contributed by atoms with Crippen molar-refractivity contribution in [1.82, 2.24) is 4.90 Å². The predicted molar refractivity (Wildman–Crippen MR) is 75.9 cm³/mol. The van der Waals surface area contributed by atoms with Crippen LogP contribution in [0.1, 0.15) is 19.8 Å². The third-order valence-corrected chi connectivity index (χ3v) is 5.58. The van der Waals surface area contributed by atoms with Crippen molar-refractivity contribution in [2.24, 2.45) is 22.7 Å². The molecule has 0 radical (unpaired) electrons. The van der Waals surface area contributed by atoms with Gasteiger partial charge < -0.3 is 10.2 Å². The molecule has 1 aliphatic heterocycles. The van der Waals surface area contributed by atoms with Gasteiger partial charge in [-0.05, 0) is 18.8 Å². The molecular formula is C16H21NO4. The van der Waals surface area contributed by atoms with Crippen molar-refractivity contribution < 1.29 is 19.8 Å². The lowest BCUT2D eigenvalue weighted by Crippen LogP contribution is -2.46. The Hall–Kier alpha value is -1.46. The molecule has 21 heavy (non-hydrogen) atoms. The van der Waals surface area contributed by atoms with Gasteiger partial charge >= 0.3 is 0 Å². The third kappa shape index (κ3) is 1.59. The van der Waals surface area contributed by atoms with Crippen LogP contribution in [-0.4, -0.2) is 46.2 Å². The first kappa shape index (κ1) is 14.5. The molecule has 5 heteroatoms. The summed E-state index contributed by atoms with van der Waals surface area (Å²) in [4.78, 5) is 26.8. The fraction of sp³-hybridized carbons (Fsp3) is 0.625. The summed E-state index contributed by atoms with van der Waals surface area (Å²) in [6.45, 7) is 5.20. The quantitative estimate of drug-likeness (QED) is 0.570. The number of carbonyl (C=O) groups excluding carboxylic acids is 2. The summed E-state index contributed by atoms with van der Waals surface area (Å²) in [5.74, 6) is -0.710. The molecule has 2 N–H and O–H groups in total. The van der Waals surface area contributed by atoms with E-state index in [0.717, 1.165) is 11.3 Å². The van der Waals surface area contributed by atoms with E-state index in [9.17, 15) is 14.7 Å². The number of amides is 2. The Morgan fingerprint density at radius 1 is 1.57 bits per heavy atom. The molecule has 2 aliphatic carbocycles. The van der Waals surface area contributed by atoms with Gasteiger partial charge in [-0.1, -0.05) is 25.2 Å². The maximum Gasteiger partial charge on any atom is 0.237 e. The van der Waals surface area contributed by atoms with Crippen LogP contribution in [0.5, 0.6) is 0 Å². The van der Waals surface area contributed by atoms with Gasteiger partial charge in [-0.2, -0.15) is 0 Å². The van der Waals surface area contributed by atoms with E-state index in [-0.39, 0.29) is 35.6 Å². The van der Waals surface area contributed by atoms with Crippen LogP contribution >= 0.6 is 0 Å². The lowest BCUT2D eigenvalue weighted by Gasteiger charge is -2.39. The van der Waals surface area contributed by atoms with Crippen LogP contribution < -0.4 is 0 Å². The van der Waals surface area contributed by atoms with E-state index in [1.165, 1.54) is 0 Å². The molecule has 2 fully saturated rings. The molecule has 1 heterocycles. The van der Waals surface area contributed by atoms with Gasteiger partial charge in [0.05, 0.1) is 30.6 Å². The number of aliphatic hydroxyl groups is 2. The molecule has 2 bridgehead atoms. The molecule has 114 valence electrons. The Morgan fingerprint density at radius 2 is 2.29 bits per heavy atom. The summed E-state index contributed by atoms with van der Waals surface area (Å²) in [6, 6.07) is 0. The number of imide groups is 1. The maximum absolute atomic E-state index is 13.0. The Labute approximate surface area is 123 Å². The van der Waals surface area contributed by atoms with Gasteiger partial charge in [0, 0.05) is 5.41 Å². The predicted octanol–water partition coefficient (Wildman–Crippen LogP) is 0.483. The molecule has 5 unspecified atom stereocenters. The van der Waals surface area contributed by atoms with E-state index in [1.54, 1.807) is 6.08 Å². The van der Waals surface area contributed by atoms with Crippen LogP contribution in [-0.2, 0) is 9.59 Å². The number of fused-ring (bicyclic) bond motifs is 5. The van der Waals surface area contributed by atoms with Gasteiger partial charge in [0.15, 0.2) is 0 Å². The Kier molecular flexibility index (Phi) is 3.11. The zero-order valence-corrected chi connectivity index (χ0v) is 12.2. The third-order valence-electron chi connectivity index (χ3n) is 5.58. The molecule has 1 saturated heterocycles. The number of hydrogen-bond acceptors (Lipinski definition) is 4. The van der Waals surface area contributed by atoms with Gasteiger partial charge in [-0.3, -0.25) is 14.5 Å². The Balaban J connectivity index is 2.03. The summed E-state index contributed by atoms with van der Waals surface area (Å²) < 4.78 is 0. The van der Waals surface area contributed by atoms with Crippen LogP contribution in [0, 0.1) is 22.7 Å². The van der Waals surface area contributed by atoms with Crippen molar-refractivity contribution in [3.63, 3.8) is 0 Å². The van der Waals surface area contributed by atoms with Gasteiger partial charge in [0.1, 0.15) is 0 Å². The second-order valence-electron chi connectivity index (χ2n) is 6.68. The number of allylic oxidation sites excluding steroid dienone is 3. The minimum absolute atomic E-state index is 0.0858. The highest BCUT2D eigenvalue weighted by atomic mass is 16.3. The standard InChI is InChI=1S/C16H21NO4/c1-3-5-16-12(10-4-6-15(16,2)7-10)13(20)17(14(16)21)8-11(19)9-18/h3-4,6,10-12,18-19H,1,5,7-9H2,2H3. The van der Waals surface area contributed by atoms with Crippen LogP contribution in [0.4, 0.5) is 0 Å². The first-order valence-corrected chi connectivity index (χ1v) is 7.36. The van der Waals surface area contributed by atoms with E-state index >= 15 is 0 Å². The van der Waals surface area contributed by atoms with E-state index < -0.39 is 18.1 Å². The van der Waals surface area contributed by atoms with Crippen molar-refractivity contribution in [3.05, 3.63) is 24.8 Å². The van der Waals surface area contributed by atoms with Crippen molar-refractivity contribution >= 4 is 11.8 Å². The normalized spacial score (nSPS) is 41.8. The smallest absolute Gasteiger partial charge is 0.237 e. The fourth-order valence-corrected chi connectivity index (χ4v) is 4.64. The van der Waals surface area contributed by atoms with E-state index in [4.69, 9.17) is 5.11 Å². The van der Waals surface area contributed by atoms with E-state index in [0.29, 0.717) is 6.42 Å². The van der Waals surface area contributed by atoms with Crippen molar-refractivity contribution in [1.29, 1.82) is 0 Å². The first-order valence-electron chi connectivity index (χ1n) is 7.36. The number of β-amino-alcohol motifs (C(OH)–C–C–N with tert-alkyl or cyclic N) is 1. The number of nitrogens with zero attached hydrogens (tertiary/aromatic N) is 1. The van der Waals surface area contributed by atoms with Gasteiger partial charge in [0.2, 0.25) is 11.8 Å². The largest absolute Gasteiger partial charge is 0.394 e. The molecule has 5 atom stereocenters. The SMILES string of the molecule is C=CCC12C(=O)N(CC(O)CO)C(=O)C1C1C=CC2(C)C1. The molecule has 0 aromatic heterocycles. The maximum atomic E-state index is 13.0. The molecule has 0 aromatic carbocycles. The number of rotatable bonds is 5. The zero-order chi connectivity index (χ0) is 15.4. The molecule has 3 aliphatic rings. The first-order chi connectivity index (χ1) is 9.91. The molecular weight excluding hydrogens is 270 g/mol. The topological polar surface area (TPSA) is 77.8 Å². The molecule has 2 amide bonds. The van der Waals surface area contributed by atoms with Crippen LogP contribution in [0.2, 0.25) is 0 Å². The van der Waals surface area contributed by atoms with Crippen LogP contribution in [0.3, 0.4) is 0 Å². The number of hydrogen-bond donors (Lipinski definition) is 2. The monoisotopic (exact) mass is 291 g/mol. The zero-order valence-electron chi connectivity index (χ0n) is 12.2. The Bertz CT molecular complexity index is 542. The van der Waals surface area contributed by atoms with Crippen molar-refractivity contribution in [2.45, 2.75) is 25.9 Å². The minimum Gasteiger partial charge on any atom is -0.394 e. The molecule has 5 nitrogen and oxygen atoms in total. The van der Waals surface area contributed by atoms with Crippen molar-refractivity contribution in [3.8, 4) is 0 Å². The second-order valence-corrected chi connectivity index (χ2v) is 6.68. The summed E-state index contributed by atoms with van der Waals surface area (Å²) >= 11 is 0. The van der Waals surface area contributed by atoms with Crippen molar-refractivity contribution in [2.75, 3.05) is 13.2 Å². The van der Waals surface area contributed by atoms with E-state index in [1.807, 2.05) is 13.0 Å². The summed E-state index contributed by atoms with van der Waals surface area (Å²) in [5.41, 5.74) is -1.09. The Morgan fingerprint density at radius 3 is 2.90 bits per heavy atom. The highest BCUT2D eigenvalue weighted by molar-refractivity contribution is 6.09. The lowest BCUT2D eigenvalue weighted by molar-refractivity contribution is -0.145. The highest BCUT2D eigenvalue weighted by Crippen LogP contribution is 2.68. The number of aliphatic hydroxyl groups excluding tert-OH is 2. The summed E-state index contributed by atoms with van der Waals surface area (Å²) in [6.07, 6.45) is 6.02. The van der Waals surface area contributed by atoms with Gasteiger partial charge in [-0.25, -0.2) is 0 Å². The molecule has 1 saturated carbocycles. The lowest BCUT2D eigenvalue weighted by atomic mass is 9.60.